The van der Waals surface area contributed by atoms with Crippen LogP contribution in [0, 0.1) is 0 Å². The van der Waals surface area contributed by atoms with E-state index < -0.39 is 0 Å². The third-order valence-electron chi connectivity index (χ3n) is 4.66. The maximum atomic E-state index is 12.5. The number of hydrogen-bond acceptors (Lipinski definition) is 3. The lowest BCUT2D eigenvalue weighted by Crippen LogP contribution is -2.35. The number of carbonyl (C=O) groups excluding carboxylic acids is 1. The molecule has 0 heterocycles. The second-order valence-corrected chi connectivity index (χ2v) is 7.56. The Balaban J connectivity index is 1.46. The van der Waals surface area contributed by atoms with Gasteiger partial charge >= 0.3 is 0 Å². The van der Waals surface area contributed by atoms with Crippen molar-refractivity contribution in [3.8, 4) is 5.75 Å². The van der Waals surface area contributed by atoms with Crippen LogP contribution in [0.2, 0.25) is 0 Å². The van der Waals surface area contributed by atoms with Crippen LogP contribution >= 0.6 is 11.8 Å². The van der Waals surface area contributed by atoms with Crippen molar-refractivity contribution < 1.29 is 9.53 Å². The van der Waals surface area contributed by atoms with Gasteiger partial charge < -0.3 is 9.64 Å². The quantitative estimate of drug-likeness (QED) is 0.524. The second-order valence-electron chi connectivity index (χ2n) is 6.39. The van der Waals surface area contributed by atoms with Crippen molar-refractivity contribution >= 4 is 17.7 Å². The Morgan fingerprint density at radius 3 is 2.44 bits per heavy atom. The van der Waals surface area contributed by atoms with Crippen LogP contribution in [0.1, 0.15) is 36.0 Å². The third-order valence-corrected chi connectivity index (χ3v) is 5.63. The zero-order valence-electron chi connectivity index (χ0n) is 14.7. The van der Waals surface area contributed by atoms with Gasteiger partial charge in [0.25, 0.3) is 5.91 Å². The summed E-state index contributed by atoms with van der Waals surface area (Å²) in [6.07, 6.45) is 4.72. The number of benzene rings is 2. The van der Waals surface area contributed by atoms with Gasteiger partial charge in [-0.15, -0.1) is 11.8 Å². The topological polar surface area (TPSA) is 29.5 Å². The van der Waals surface area contributed by atoms with Crippen LogP contribution < -0.4 is 4.74 Å². The highest BCUT2D eigenvalue weighted by atomic mass is 32.2. The van der Waals surface area contributed by atoms with Crippen molar-refractivity contribution in [2.24, 2.45) is 0 Å². The lowest BCUT2D eigenvalue weighted by molar-refractivity contribution is 0.0735. The maximum Gasteiger partial charge on any atom is 0.253 e. The Hall–Kier alpha value is -1.94. The van der Waals surface area contributed by atoms with E-state index in [1.807, 2.05) is 54.4 Å². The number of hydrogen-bond donors (Lipinski definition) is 0. The van der Waals surface area contributed by atoms with Crippen LogP contribution in [0.4, 0.5) is 0 Å². The van der Waals surface area contributed by atoms with Gasteiger partial charge in [-0.2, -0.15) is 0 Å². The maximum absolute atomic E-state index is 12.5. The van der Waals surface area contributed by atoms with E-state index in [4.69, 9.17) is 4.74 Å². The van der Waals surface area contributed by atoms with Crippen LogP contribution in [0.15, 0.2) is 59.5 Å². The van der Waals surface area contributed by atoms with E-state index in [1.54, 1.807) is 11.8 Å². The minimum atomic E-state index is 0.109. The normalized spacial score (nSPS) is 14.4. The summed E-state index contributed by atoms with van der Waals surface area (Å²) < 4.78 is 5.78. The molecule has 0 atom stereocenters. The fourth-order valence-electron chi connectivity index (χ4n) is 3.19. The number of carbonyl (C=O) groups is 1. The number of nitrogens with zero attached hydrogens (tertiary/aromatic N) is 1. The van der Waals surface area contributed by atoms with Gasteiger partial charge in [-0.25, -0.2) is 0 Å². The molecule has 1 saturated carbocycles. The van der Waals surface area contributed by atoms with Gasteiger partial charge in [0.05, 0.1) is 6.61 Å². The van der Waals surface area contributed by atoms with Gasteiger partial charge in [-0.05, 0) is 49.2 Å². The molecule has 2 aromatic carbocycles. The van der Waals surface area contributed by atoms with Gasteiger partial charge in [-0.1, -0.05) is 31.0 Å². The van der Waals surface area contributed by atoms with Crippen LogP contribution in [0.3, 0.4) is 0 Å². The Morgan fingerprint density at radius 2 is 1.76 bits per heavy atom. The summed E-state index contributed by atoms with van der Waals surface area (Å²) >= 11 is 1.78. The number of amides is 1. The molecule has 3 nitrogen and oxygen atoms in total. The van der Waals surface area contributed by atoms with Crippen molar-refractivity contribution in [3.63, 3.8) is 0 Å². The zero-order valence-corrected chi connectivity index (χ0v) is 15.5. The van der Waals surface area contributed by atoms with Crippen LogP contribution in [-0.4, -0.2) is 36.3 Å². The summed E-state index contributed by atoms with van der Waals surface area (Å²) in [6, 6.07) is 18.2. The molecule has 3 rings (SSSR count). The van der Waals surface area contributed by atoms with Gasteiger partial charge in [-0.3, -0.25) is 4.79 Å². The third kappa shape index (κ3) is 5.02. The molecule has 2 aromatic rings. The van der Waals surface area contributed by atoms with Gasteiger partial charge in [0, 0.05) is 29.3 Å². The van der Waals surface area contributed by atoms with E-state index in [0.717, 1.165) is 29.9 Å². The fourth-order valence-corrected chi connectivity index (χ4v) is 3.94. The molecule has 1 aliphatic rings. The minimum absolute atomic E-state index is 0.109. The summed E-state index contributed by atoms with van der Waals surface area (Å²) in [4.78, 5) is 15.7. The summed E-state index contributed by atoms with van der Waals surface area (Å²) in [5, 5.41) is 0. The predicted molar refractivity (Wildman–Crippen MR) is 103 cm³/mol. The first-order chi connectivity index (χ1) is 12.2. The minimum Gasteiger partial charge on any atom is -0.493 e. The first-order valence-electron chi connectivity index (χ1n) is 8.92. The van der Waals surface area contributed by atoms with E-state index in [-0.39, 0.29) is 5.91 Å². The monoisotopic (exact) mass is 355 g/mol. The molecule has 1 aliphatic carbocycles. The molecule has 0 unspecified atom stereocenters. The van der Waals surface area contributed by atoms with Gasteiger partial charge in [0.1, 0.15) is 5.75 Å². The van der Waals surface area contributed by atoms with Crippen molar-refractivity contribution in [1.29, 1.82) is 0 Å². The van der Waals surface area contributed by atoms with E-state index in [9.17, 15) is 4.79 Å². The Labute approximate surface area is 154 Å². The molecule has 132 valence electrons. The second kappa shape index (κ2) is 8.95. The highest BCUT2D eigenvalue weighted by Crippen LogP contribution is 2.24. The summed E-state index contributed by atoms with van der Waals surface area (Å²) in [5.41, 5.74) is 0.736. The highest BCUT2D eigenvalue weighted by Gasteiger charge is 2.24. The molecular formula is C21H25NO2S. The summed E-state index contributed by atoms with van der Waals surface area (Å²) in [5.74, 6) is 1.82. The average molecular weight is 356 g/mol. The first-order valence-corrected chi connectivity index (χ1v) is 9.90. The smallest absolute Gasteiger partial charge is 0.253 e. The van der Waals surface area contributed by atoms with Crippen LogP contribution in [-0.2, 0) is 0 Å². The van der Waals surface area contributed by atoms with E-state index in [1.165, 1.54) is 17.7 Å². The molecule has 0 spiro atoms. The lowest BCUT2D eigenvalue weighted by atomic mass is 10.1. The largest absolute Gasteiger partial charge is 0.493 e. The molecule has 0 aromatic heterocycles. The standard InChI is InChI=1S/C21H25NO2S/c1-22(18-7-5-6-8-18)21(23)17-11-13-19(14-12-17)24-15-16-25-20-9-3-2-4-10-20/h2-4,9-14,18H,5-8,15-16H2,1H3. The molecule has 4 heteroatoms. The summed E-state index contributed by atoms with van der Waals surface area (Å²) in [7, 11) is 1.92. The number of thioether (sulfide) groups is 1. The molecular weight excluding hydrogens is 330 g/mol. The van der Waals surface area contributed by atoms with Gasteiger partial charge in [0.15, 0.2) is 0 Å². The molecule has 0 N–H and O–H groups in total. The molecule has 0 radical (unpaired) electrons. The van der Waals surface area contributed by atoms with E-state index in [2.05, 4.69) is 12.1 Å². The van der Waals surface area contributed by atoms with Crippen molar-refractivity contribution in [3.05, 3.63) is 60.2 Å². The van der Waals surface area contributed by atoms with Gasteiger partial charge in [0.2, 0.25) is 0 Å². The van der Waals surface area contributed by atoms with Crippen molar-refractivity contribution in [1.82, 2.24) is 4.90 Å². The molecule has 1 fully saturated rings. The molecule has 1 amide bonds. The summed E-state index contributed by atoms with van der Waals surface area (Å²) in [6.45, 7) is 0.648. The highest BCUT2D eigenvalue weighted by molar-refractivity contribution is 7.99. The van der Waals surface area contributed by atoms with Crippen molar-refractivity contribution in [2.75, 3.05) is 19.4 Å². The lowest BCUT2D eigenvalue weighted by Gasteiger charge is -2.24. The zero-order chi connectivity index (χ0) is 17.5. The molecule has 0 saturated heterocycles. The number of ether oxygens (including phenoxy) is 1. The predicted octanol–water partition coefficient (Wildman–Crippen LogP) is 4.87. The molecule has 0 bridgehead atoms. The Bertz CT molecular complexity index is 666. The molecule has 25 heavy (non-hydrogen) atoms. The SMILES string of the molecule is CN(C(=O)c1ccc(OCCSc2ccccc2)cc1)C1CCCC1. The van der Waals surface area contributed by atoms with Crippen molar-refractivity contribution in [2.45, 2.75) is 36.6 Å². The van der Waals surface area contributed by atoms with E-state index >= 15 is 0 Å². The Morgan fingerprint density at radius 1 is 1.08 bits per heavy atom. The van der Waals surface area contributed by atoms with E-state index in [0.29, 0.717) is 12.6 Å². The van der Waals surface area contributed by atoms with Crippen LogP contribution in [0.25, 0.3) is 0 Å². The van der Waals surface area contributed by atoms with Crippen LogP contribution in [0.5, 0.6) is 5.75 Å². The average Bonchev–Trinajstić information content (AvgIpc) is 3.20. The fraction of sp³-hybridized carbons (Fsp3) is 0.381. The molecule has 0 aliphatic heterocycles. The number of rotatable bonds is 7. The Kier molecular flexibility index (Phi) is 6.40. The first kappa shape index (κ1) is 17.9.